The Kier molecular flexibility index (Phi) is 3.91. The summed E-state index contributed by atoms with van der Waals surface area (Å²) >= 11 is 8.83. The first-order chi connectivity index (χ1) is 8.15. The zero-order valence-corrected chi connectivity index (χ0v) is 10.9. The molecule has 88 valence electrons. The van der Waals surface area contributed by atoms with Crippen LogP contribution in [0.2, 0.25) is 5.02 Å². The first-order valence-electron chi connectivity index (χ1n) is 4.70. The van der Waals surface area contributed by atoms with Crippen molar-refractivity contribution in [3.05, 3.63) is 51.5 Å². The van der Waals surface area contributed by atoms with Gasteiger partial charge in [0.2, 0.25) is 0 Å². The van der Waals surface area contributed by atoms with Crippen LogP contribution in [0.25, 0.3) is 0 Å². The van der Waals surface area contributed by atoms with Crippen molar-refractivity contribution in [1.29, 1.82) is 0 Å². The van der Waals surface area contributed by atoms with Crippen LogP contribution < -0.4 is 4.74 Å². The lowest BCUT2D eigenvalue weighted by atomic mass is 10.2. The second kappa shape index (κ2) is 5.42. The quantitative estimate of drug-likeness (QED) is 0.811. The molecule has 0 aliphatic heterocycles. The molecule has 0 aliphatic rings. The van der Waals surface area contributed by atoms with Crippen molar-refractivity contribution in [2.75, 3.05) is 0 Å². The summed E-state index contributed by atoms with van der Waals surface area (Å²) in [6.45, 7) is 0.0550. The maximum absolute atomic E-state index is 13.4. The van der Waals surface area contributed by atoms with Crippen LogP contribution in [0.3, 0.4) is 0 Å². The zero-order chi connectivity index (χ0) is 12.3. The van der Waals surface area contributed by atoms with Gasteiger partial charge >= 0.3 is 6.01 Å². The van der Waals surface area contributed by atoms with E-state index in [0.717, 1.165) is 0 Å². The van der Waals surface area contributed by atoms with E-state index in [1.54, 1.807) is 24.4 Å². The van der Waals surface area contributed by atoms with E-state index < -0.39 is 5.82 Å². The molecule has 0 saturated carbocycles. The summed E-state index contributed by atoms with van der Waals surface area (Å²) in [5.41, 5.74) is 0.401. The Bertz CT molecular complexity index is 539. The molecular formula is C11H7BrClFN2O. The third kappa shape index (κ3) is 3.38. The van der Waals surface area contributed by atoms with E-state index in [9.17, 15) is 4.39 Å². The second-order valence-corrected chi connectivity index (χ2v) is 4.44. The largest absolute Gasteiger partial charge is 0.458 e. The van der Waals surface area contributed by atoms with Crippen molar-refractivity contribution in [3.63, 3.8) is 0 Å². The van der Waals surface area contributed by atoms with Crippen LogP contribution in [0.4, 0.5) is 4.39 Å². The third-order valence-electron chi connectivity index (χ3n) is 1.97. The number of rotatable bonds is 3. The Morgan fingerprint density at radius 2 is 2.18 bits per heavy atom. The fourth-order valence-electron chi connectivity index (χ4n) is 1.17. The Balaban J connectivity index is 2.07. The fraction of sp³-hybridized carbons (Fsp3) is 0.0909. The Hall–Kier alpha value is -1.20. The van der Waals surface area contributed by atoms with Crippen LogP contribution in [0.15, 0.2) is 35.1 Å². The van der Waals surface area contributed by atoms with Crippen molar-refractivity contribution < 1.29 is 9.13 Å². The minimum Gasteiger partial charge on any atom is -0.458 e. The van der Waals surface area contributed by atoms with Gasteiger partial charge in [0.05, 0.1) is 0 Å². The average Bonchev–Trinajstić information content (AvgIpc) is 2.28. The summed E-state index contributed by atoms with van der Waals surface area (Å²) in [6.07, 6.45) is 1.55. The lowest BCUT2D eigenvalue weighted by molar-refractivity contribution is 0.274. The van der Waals surface area contributed by atoms with E-state index in [-0.39, 0.29) is 12.6 Å². The highest BCUT2D eigenvalue weighted by Crippen LogP contribution is 2.16. The lowest BCUT2D eigenvalue weighted by Gasteiger charge is -2.05. The molecule has 1 aromatic heterocycles. The van der Waals surface area contributed by atoms with Gasteiger partial charge in [0.15, 0.2) is 0 Å². The monoisotopic (exact) mass is 316 g/mol. The molecule has 0 bridgehead atoms. The van der Waals surface area contributed by atoms with Gasteiger partial charge in [0, 0.05) is 16.8 Å². The SMILES string of the molecule is Fc1cc(Cl)ccc1COc1nccc(Br)n1. The summed E-state index contributed by atoms with van der Waals surface area (Å²) in [5, 5.41) is 0.352. The van der Waals surface area contributed by atoms with E-state index in [4.69, 9.17) is 16.3 Å². The standard InChI is InChI=1S/C11H7BrClFN2O/c12-10-3-4-15-11(16-10)17-6-7-1-2-8(13)5-9(7)14/h1-5H,6H2. The molecule has 0 saturated heterocycles. The number of aromatic nitrogens is 2. The molecule has 0 fully saturated rings. The Morgan fingerprint density at radius 1 is 1.35 bits per heavy atom. The molecule has 3 nitrogen and oxygen atoms in total. The Labute approximate surface area is 111 Å². The molecule has 2 rings (SSSR count). The molecule has 0 atom stereocenters. The van der Waals surface area contributed by atoms with Crippen LogP contribution in [0.5, 0.6) is 6.01 Å². The van der Waals surface area contributed by atoms with Crippen LogP contribution in [0, 0.1) is 5.82 Å². The molecule has 0 amide bonds. The predicted molar refractivity (Wildman–Crippen MR) is 65.5 cm³/mol. The van der Waals surface area contributed by atoms with Crippen molar-refractivity contribution >= 4 is 27.5 Å². The molecule has 1 aromatic carbocycles. The lowest BCUT2D eigenvalue weighted by Crippen LogP contribution is -2.01. The molecule has 0 aliphatic carbocycles. The maximum Gasteiger partial charge on any atom is 0.317 e. The van der Waals surface area contributed by atoms with Crippen molar-refractivity contribution in [1.82, 2.24) is 9.97 Å². The normalized spacial score (nSPS) is 10.3. The second-order valence-electron chi connectivity index (χ2n) is 3.19. The number of benzene rings is 1. The molecule has 0 radical (unpaired) electrons. The molecule has 0 N–H and O–H groups in total. The summed E-state index contributed by atoms with van der Waals surface area (Å²) in [5.74, 6) is -0.410. The topological polar surface area (TPSA) is 35.0 Å². The maximum atomic E-state index is 13.4. The highest BCUT2D eigenvalue weighted by molar-refractivity contribution is 9.10. The summed E-state index contributed by atoms with van der Waals surface area (Å²) < 4.78 is 19.3. The van der Waals surface area contributed by atoms with Gasteiger partial charge in [-0.25, -0.2) is 9.37 Å². The summed E-state index contributed by atoms with van der Waals surface area (Å²) in [4.78, 5) is 7.86. The number of nitrogens with zero attached hydrogens (tertiary/aromatic N) is 2. The van der Waals surface area contributed by atoms with E-state index in [1.165, 1.54) is 6.07 Å². The predicted octanol–water partition coefficient (Wildman–Crippen LogP) is 3.61. The smallest absolute Gasteiger partial charge is 0.317 e. The summed E-state index contributed by atoms with van der Waals surface area (Å²) in [7, 11) is 0. The number of hydrogen-bond donors (Lipinski definition) is 0. The van der Waals surface area contributed by atoms with Gasteiger partial charge < -0.3 is 4.74 Å². The molecule has 6 heteroatoms. The highest BCUT2D eigenvalue weighted by Gasteiger charge is 2.05. The van der Waals surface area contributed by atoms with Gasteiger partial charge in [-0.2, -0.15) is 4.98 Å². The average molecular weight is 318 g/mol. The van der Waals surface area contributed by atoms with Crippen LogP contribution in [-0.2, 0) is 6.61 Å². The molecule has 1 heterocycles. The van der Waals surface area contributed by atoms with Gasteiger partial charge in [0.1, 0.15) is 17.0 Å². The van der Waals surface area contributed by atoms with Crippen molar-refractivity contribution in [2.45, 2.75) is 6.61 Å². The van der Waals surface area contributed by atoms with E-state index in [1.807, 2.05) is 0 Å². The van der Waals surface area contributed by atoms with Gasteiger partial charge in [-0.15, -0.1) is 0 Å². The van der Waals surface area contributed by atoms with Gasteiger partial charge in [-0.3, -0.25) is 0 Å². The minimum atomic E-state index is -0.410. The van der Waals surface area contributed by atoms with Crippen LogP contribution >= 0.6 is 27.5 Å². The third-order valence-corrected chi connectivity index (χ3v) is 2.65. The molecule has 17 heavy (non-hydrogen) atoms. The zero-order valence-electron chi connectivity index (χ0n) is 8.53. The van der Waals surface area contributed by atoms with Gasteiger partial charge in [-0.05, 0) is 34.1 Å². The number of ether oxygens (including phenoxy) is 1. The Morgan fingerprint density at radius 3 is 2.88 bits per heavy atom. The molecule has 0 spiro atoms. The number of hydrogen-bond acceptors (Lipinski definition) is 3. The van der Waals surface area contributed by atoms with Crippen LogP contribution in [0.1, 0.15) is 5.56 Å². The fourth-order valence-corrected chi connectivity index (χ4v) is 1.60. The molecular weight excluding hydrogens is 310 g/mol. The van der Waals surface area contributed by atoms with Crippen LogP contribution in [-0.4, -0.2) is 9.97 Å². The summed E-state index contributed by atoms with van der Waals surface area (Å²) in [6, 6.07) is 6.27. The minimum absolute atomic E-state index is 0.0550. The van der Waals surface area contributed by atoms with Crippen molar-refractivity contribution in [3.8, 4) is 6.01 Å². The van der Waals surface area contributed by atoms with E-state index >= 15 is 0 Å². The number of halogens is 3. The highest BCUT2D eigenvalue weighted by atomic mass is 79.9. The first-order valence-corrected chi connectivity index (χ1v) is 5.87. The van der Waals surface area contributed by atoms with E-state index in [2.05, 4.69) is 25.9 Å². The van der Waals surface area contributed by atoms with E-state index in [0.29, 0.717) is 15.2 Å². The van der Waals surface area contributed by atoms with Crippen molar-refractivity contribution in [2.24, 2.45) is 0 Å². The molecule has 0 unspecified atom stereocenters. The van der Waals surface area contributed by atoms with Gasteiger partial charge in [0.25, 0.3) is 0 Å². The molecule has 2 aromatic rings. The first kappa shape index (κ1) is 12.3. The van der Waals surface area contributed by atoms with Gasteiger partial charge in [-0.1, -0.05) is 17.7 Å².